The zero-order valence-electron chi connectivity index (χ0n) is 12.1. The summed E-state index contributed by atoms with van der Waals surface area (Å²) in [7, 11) is 0. The average molecular weight is 326 g/mol. The van der Waals surface area contributed by atoms with E-state index >= 15 is 0 Å². The summed E-state index contributed by atoms with van der Waals surface area (Å²) in [5.41, 5.74) is 2.55. The number of rotatable bonds is 3. The Balaban J connectivity index is 1.80. The second kappa shape index (κ2) is 6.63. The van der Waals surface area contributed by atoms with E-state index in [-0.39, 0.29) is 10.6 Å². The zero-order valence-corrected chi connectivity index (χ0v) is 12.8. The van der Waals surface area contributed by atoms with E-state index in [2.05, 4.69) is 5.32 Å². The highest BCUT2D eigenvalue weighted by molar-refractivity contribution is 6.34. The first-order valence-corrected chi connectivity index (χ1v) is 7.44. The summed E-state index contributed by atoms with van der Waals surface area (Å²) in [6, 6.07) is 21.4. The summed E-state index contributed by atoms with van der Waals surface area (Å²) in [6.45, 7) is 0. The fourth-order valence-electron chi connectivity index (χ4n) is 2.28. The molecule has 23 heavy (non-hydrogen) atoms. The molecule has 114 valence electrons. The number of halogens is 2. The maximum absolute atomic E-state index is 13.7. The summed E-state index contributed by atoms with van der Waals surface area (Å²) >= 11 is 5.90. The van der Waals surface area contributed by atoms with E-state index < -0.39 is 11.7 Å². The van der Waals surface area contributed by atoms with Crippen LogP contribution in [0.2, 0.25) is 5.02 Å². The molecule has 1 amide bonds. The number of hydrogen-bond donors (Lipinski definition) is 1. The zero-order chi connectivity index (χ0) is 16.2. The van der Waals surface area contributed by atoms with Crippen LogP contribution in [0.4, 0.5) is 10.1 Å². The molecular formula is C19H13ClFNO. The van der Waals surface area contributed by atoms with Gasteiger partial charge in [0.1, 0.15) is 5.82 Å². The monoisotopic (exact) mass is 325 g/mol. The molecule has 0 unspecified atom stereocenters. The van der Waals surface area contributed by atoms with Gasteiger partial charge in [0, 0.05) is 5.69 Å². The standard InChI is InChI=1S/C19H13ClFNO/c20-16-7-4-8-17(21)18(16)19(23)22-15-11-9-14(10-12-15)13-5-2-1-3-6-13/h1-12H,(H,22,23). The number of hydrogen-bond acceptors (Lipinski definition) is 1. The second-order valence-corrected chi connectivity index (χ2v) is 5.40. The Morgan fingerprint density at radius 1 is 0.826 bits per heavy atom. The molecule has 0 aliphatic carbocycles. The predicted octanol–water partition coefficient (Wildman–Crippen LogP) is 5.40. The second-order valence-electron chi connectivity index (χ2n) is 4.99. The van der Waals surface area contributed by atoms with E-state index in [0.29, 0.717) is 5.69 Å². The van der Waals surface area contributed by atoms with Crippen LogP contribution >= 0.6 is 11.6 Å². The topological polar surface area (TPSA) is 29.1 Å². The van der Waals surface area contributed by atoms with Crippen LogP contribution in [0.3, 0.4) is 0 Å². The SMILES string of the molecule is O=C(Nc1ccc(-c2ccccc2)cc1)c1c(F)cccc1Cl. The smallest absolute Gasteiger partial charge is 0.260 e. The lowest BCUT2D eigenvalue weighted by atomic mass is 10.1. The highest BCUT2D eigenvalue weighted by atomic mass is 35.5. The largest absolute Gasteiger partial charge is 0.322 e. The molecule has 0 fully saturated rings. The van der Waals surface area contributed by atoms with Gasteiger partial charge in [-0.25, -0.2) is 4.39 Å². The first kappa shape index (κ1) is 15.3. The van der Waals surface area contributed by atoms with Gasteiger partial charge in [0.25, 0.3) is 5.91 Å². The Morgan fingerprint density at radius 3 is 2.13 bits per heavy atom. The molecule has 3 aromatic rings. The number of carbonyl (C=O) groups is 1. The van der Waals surface area contributed by atoms with Crippen molar-refractivity contribution in [1.82, 2.24) is 0 Å². The van der Waals surface area contributed by atoms with Crippen LogP contribution in [-0.2, 0) is 0 Å². The quantitative estimate of drug-likeness (QED) is 0.686. The van der Waals surface area contributed by atoms with E-state index in [4.69, 9.17) is 11.6 Å². The molecule has 1 N–H and O–H groups in total. The van der Waals surface area contributed by atoms with E-state index in [9.17, 15) is 9.18 Å². The lowest BCUT2D eigenvalue weighted by Gasteiger charge is -2.08. The molecule has 0 radical (unpaired) electrons. The van der Waals surface area contributed by atoms with Crippen LogP contribution in [0.25, 0.3) is 11.1 Å². The van der Waals surface area contributed by atoms with Crippen LogP contribution in [0, 0.1) is 5.82 Å². The fraction of sp³-hybridized carbons (Fsp3) is 0. The van der Waals surface area contributed by atoms with E-state index in [0.717, 1.165) is 11.1 Å². The van der Waals surface area contributed by atoms with Gasteiger partial charge in [0.15, 0.2) is 0 Å². The lowest BCUT2D eigenvalue weighted by Crippen LogP contribution is -2.14. The Morgan fingerprint density at radius 2 is 1.48 bits per heavy atom. The average Bonchev–Trinajstić information content (AvgIpc) is 2.56. The molecule has 2 nitrogen and oxygen atoms in total. The van der Waals surface area contributed by atoms with Gasteiger partial charge >= 0.3 is 0 Å². The van der Waals surface area contributed by atoms with Gasteiger partial charge < -0.3 is 5.32 Å². The molecule has 0 aliphatic heterocycles. The Hall–Kier alpha value is -2.65. The van der Waals surface area contributed by atoms with Crippen LogP contribution in [-0.4, -0.2) is 5.91 Å². The van der Waals surface area contributed by atoms with Crippen LogP contribution in [0.1, 0.15) is 10.4 Å². The van der Waals surface area contributed by atoms with Gasteiger partial charge in [0.05, 0.1) is 10.6 Å². The van der Waals surface area contributed by atoms with Crippen molar-refractivity contribution in [3.8, 4) is 11.1 Å². The van der Waals surface area contributed by atoms with Crippen molar-refractivity contribution in [2.45, 2.75) is 0 Å². The van der Waals surface area contributed by atoms with Crippen molar-refractivity contribution in [2.75, 3.05) is 5.32 Å². The number of anilines is 1. The molecule has 3 rings (SSSR count). The third-order valence-electron chi connectivity index (χ3n) is 3.44. The highest BCUT2D eigenvalue weighted by Crippen LogP contribution is 2.23. The maximum atomic E-state index is 13.7. The van der Waals surface area contributed by atoms with Crippen molar-refractivity contribution in [3.63, 3.8) is 0 Å². The van der Waals surface area contributed by atoms with Crippen LogP contribution in [0.5, 0.6) is 0 Å². The van der Waals surface area contributed by atoms with Gasteiger partial charge in [-0.15, -0.1) is 0 Å². The molecule has 0 saturated heterocycles. The van der Waals surface area contributed by atoms with Crippen molar-refractivity contribution >= 4 is 23.2 Å². The third-order valence-corrected chi connectivity index (χ3v) is 3.75. The summed E-state index contributed by atoms with van der Waals surface area (Å²) in [4.78, 5) is 12.2. The van der Waals surface area contributed by atoms with E-state index in [1.807, 2.05) is 42.5 Å². The normalized spacial score (nSPS) is 10.3. The minimum atomic E-state index is -0.643. The maximum Gasteiger partial charge on any atom is 0.260 e. The molecule has 0 atom stereocenters. The third kappa shape index (κ3) is 3.41. The van der Waals surface area contributed by atoms with Crippen molar-refractivity contribution in [1.29, 1.82) is 0 Å². The van der Waals surface area contributed by atoms with Crippen molar-refractivity contribution < 1.29 is 9.18 Å². The van der Waals surface area contributed by atoms with Gasteiger partial charge in [-0.05, 0) is 35.4 Å². The van der Waals surface area contributed by atoms with Gasteiger partial charge in [-0.1, -0.05) is 60.1 Å². The fourth-order valence-corrected chi connectivity index (χ4v) is 2.53. The molecule has 4 heteroatoms. The predicted molar refractivity (Wildman–Crippen MR) is 91.2 cm³/mol. The minimum absolute atomic E-state index is 0.0865. The lowest BCUT2D eigenvalue weighted by molar-refractivity contribution is 0.102. The molecule has 0 aromatic heterocycles. The first-order chi connectivity index (χ1) is 11.1. The number of carbonyl (C=O) groups excluding carboxylic acids is 1. The van der Waals surface area contributed by atoms with Gasteiger partial charge in [0.2, 0.25) is 0 Å². The molecule has 0 bridgehead atoms. The molecule has 0 aliphatic rings. The number of amides is 1. The van der Waals surface area contributed by atoms with Gasteiger partial charge in [-0.2, -0.15) is 0 Å². The van der Waals surface area contributed by atoms with E-state index in [1.54, 1.807) is 12.1 Å². The van der Waals surface area contributed by atoms with Crippen molar-refractivity contribution in [3.05, 3.63) is 89.2 Å². The first-order valence-electron chi connectivity index (χ1n) is 7.06. The minimum Gasteiger partial charge on any atom is -0.322 e. The van der Waals surface area contributed by atoms with Gasteiger partial charge in [-0.3, -0.25) is 4.79 Å². The molecule has 0 spiro atoms. The molecule has 0 heterocycles. The summed E-state index contributed by atoms with van der Waals surface area (Å²) in [5, 5.41) is 2.74. The highest BCUT2D eigenvalue weighted by Gasteiger charge is 2.15. The van der Waals surface area contributed by atoms with Crippen LogP contribution < -0.4 is 5.32 Å². The summed E-state index contributed by atoms with van der Waals surface area (Å²) < 4.78 is 13.7. The molecule has 0 saturated carbocycles. The Kier molecular flexibility index (Phi) is 4.40. The Bertz CT molecular complexity index is 811. The molecular weight excluding hydrogens is 313 g/mol. The molecule has 3 aromatic carbocycles. The van der Waals surface area contributed by atoms with E-state index in [1.165, 1.54) is 18.2 Å². The number of benzene rings is 3. The summed E-state index contributed by atoms with van der Waals surface area (Å²) in [5.74, 6) is -1.21. The van der Waals surface area contributed by atoms with Crippen molar-refractivity contribution in [2.24, 2.45) is 0 Å². The van der Waals surface area contributed by atoms with Crippen LogP contribution in [0.15, 0.2) is 72.8 Å². The number of nitrogens with one attached hydrogen (secondary N) is 1. The summed E-state index contributed by atoms with van der Waals surface area (Å²) in [6.07, 6.45) is 0. The Labute approximate surface area is 138 Å².